The van der Waals surface area contributed by atoms with Gasteiger partial charge >= 0.3 is 0 Å². The van der Waals surface area contributed by atoms with Gasteiger partial charge in [0.1, 0.15) is 5.16 Å². The highest BCUT2D eigenvalue weighted by atomic mass is 35.5. The molecule has 11 heavy (non-hydrogen) atoms. The first kappa shape index (κ1) is 9.97. The highest BCUT2D eigenvalue weighted by Gasteiger charge is 1.99. The molecule has 0 rings (SSSR count). The molecule has 0 saturated carbocycles. The van der Waals surface area contributed by atoms with E-state index in [9.17, 15) is 0 Å². The Bertz CT molecular complexity index is 185. The summed E-state index contributed by atoms with van der Waals surface area (Å²) in [4.78, 5) is 0. The third-order valence-corrected chi connectivity index (χ3v) is 1.06. The van der Waals surface area contributed by atoms with E-state index in [1.165, 1.54) is 20.3 Å². The summed E-state index contributed by atoms with van der Waals surface area (Å²) >= 11 is 5.37. The first-order valence-corrected chi connectivity index (χ1v) is 3.20. The minimum atomic E-state index is 0.0850. The normalized spacial score (nSPS) is 13.9. The van der Waals surface area contributed by atoms with Gasteiger partial charge in [-0.1, -0.05) is 11.6 Å². The van der Waals surface area contributed by atoms with Gasteiger partial charge in [0.2, 0.25) is 5.88 Å². The summed E-state index contributed by atoms with van der Waals surface area (Å²) in [5, 5.41) is 0.0850. The van der Waals surface area contributed by atoms with E-state index in [1.54, 1.807) is 0 Å². The van der Waals surface area contributed by atoms with Gasteiger partial charge in [-0.2, -0.15) is 0 Å². The number of rotatable bonds is 3. The SMILES string of the molecule is CO/C(N)=C(/C=C(\N)Cl)OC. The van der Waals surface area contributed by atoms with Gasteiger partial charge in [-0.25, -0.2) is 0 Å². The van der Waals surface area contributed by atoms with Crippen molar-refractivity contribution in [3.05, 3.63) is 22.9 Å². The van der Waals surface area contributed by atoms with E-state index in [0.717, 1.165) is 0 Å². The zero-order valence-corrected chi connectivity index (χ0v) is 7.18. The van der Waals surface area contributed by atoms with Crippen LogP contribution in [0.4, 0.5) is 0 Å². The molecule has 0 aliphatic carbocycles. The Morgan fingerprint density at radius 3 is 2.09 bits per heavy atom. The van der Waals surface area contributed by atoms with E-state index in [4.69, 9.17) is 27.8 Å². The Morgan fingerprint density at radius 2 is 1.82 bits per heavy atom. The molecular formula is C6H11ClN2O2. The summed E-state index contributed by atoms with van der Waals surface area (Å²) in [6.07, 6.45) is 1.36. The maximum absolute atomic E-state index is 5.37. The molecule has 0 saturated heterocycles. The molecule has 0 radical (unpaired) electrons. The zero-order chi connectivity index (χ0) is 8.85. The van der Waals surface area contributed by atoms with Gasteiger partial charge < -0.3 is 20.9 Å². The Balaban J connectivity index is 4.52. The molecular weight excluding hydrogens is 168 g/mol. The Morgan fingerprint density at radius 1 is 1.27 bits per heavy atom. The van der Waals surface area contributed by atoms with Crippen molar-refractivity contribution in [2.45, 2.75) is 0 Å². The molecule has 4 N–H and O–H groups in total. The molecule has 0 aromatic carbocycles. The lowest BCUT2D eigenvalue weighted by molar-refractivity contribution is 0.228. The monoisotopic (exact) mass is 178 g/mol. The highest BCUT2D eigenvalue weighted by molar-refractivity contribution is 6.29. The van der Waals surface area contributed by atoms with E-state index >= 15 is 0 Å². The van der Waals surface area contributed by atoms with Crippen LogP contribution in [0.3, 0.4) is 0 Å². The summed E-state index contributed by atoms with van der Waals surface area (Å²) in [6, 6.07) is 0. The fourth-order valence-corrected chi connectivity index (χ4v) is 0.556. The Hall–Kier alpha value is -1.03. The van der Waals surface area contributed by atoms with Crippen molar-refractivity contribution >= 4 is 11.6 Å². The fraction of sp³-hybridized carbons (Fsp3) is 0.333. The summed E-state index contributed by atoms with van der Waals surface area (Å²) in [5.41, 5.74) is 10.5. The lowest BCUT2D eigenvalue weighted by Crippen LogP contribution is -2.05. The van der Waals surface area contributed by atoms with E-state index < -0.39 is 0 Å². The molecule has 0 aliphatic rings. The highest BCUT2D eigenvalue weighted by Crippen LogP contribution is 2.05. The second kappa shape index (κ2) is 4.73. The van der Waals surface area contributed by atoms with E-state index in [2.05, 4.69) is 4.74 Å². The predicted octanol–water partition coefficient (Wildman–Crippen LogP) is 0.446. The lowest BCUT2D eigenvalue weighted by atomic mass is 10.5. The minimum absolute atomic E-state index is 0.0850. The molecule has 0 fully saturated rings. The maximum atomic E-state index is 5.37. The topological polar surface area (TPSA) is 70.5 Å². The Labute approximate surface area is 70.4 Å². The van der Waals surface area contributed by atoms with Gasteiger partial charge in [0, 0.05) is 6.08 Å². The van der Waals surface area contributed by atoms with Crippen LogP contribution in [0.1, 0.15) is 0 Å². The molecule has 4 nitrogen and oxygen atoms in total. The van der Waals surface area contributed by atoms with Crippen LogP contribution in [0.2, 0.25) is 0 Å². The van der Waals surface area contributed by atoms with Gasteiger partial charge in [-0.15, -0.1) is 0 Å². The third-order valence-electron chi connectivity index (χ3n) is 0.952. The van der Waals surface area contributed by atoms with Crippen LogP contribution >= 0.6 is 11.6 Å². The lowest BCUT2D eigenvalue weighted by Gasteiger charge is -2.04. The summed E-state index contributed by atoms with van der Waals surface area (Å²) in [5.74, 6) is 0.441. The maximum Gasteiger partial charge on any atom is 0.227 e. The summed E-state index contributed by atoms with van der Waals surface area (Å²) < 4.78 is 9.48. The smallest absolute Gasteiger partial charge is 0.227 e. The molecule has 0 heterocycles. The molecule has 5 heteroatoms. The third kappa shape index (κ3) is 3.62. The van der Waals surface area contributed by atoms with Gasteiger partial charge in [0.25, 0.3) is 0 Å². The molecule has 0 atom stereocenters. The minimum Gasteiger partial charge on any atom is -0.491 e. The van der Waals surface area contributed by atoms with Crippen molar-refractivity contribution in [2.24, 2.45) is 11.5 Å². The number of hydrogen-bond acceptors (Lipinski definition) is 4. The van der Waals surface area contributed by atoms with Crippen molar-refractivity contribution in [1.82, 2.24) is 0 Å². The van der Waals surface area contributed by atoms with E-state index in [-0.39, 0.29) is 11.0 Å². The zero-order valence-electron chi connectivity index (χ0n) is 6.43. The van der Waals surface area contributed by atoms with Crippen LogP contribution in [0, 0.1) is 0 Å². The molecule has 0 amide bonds. The van der Waals surface area contributed by atoms with Crippen molar-refractivity contribution in [3.8, 4) is 0 Å². The van der Waals surface area contributed by atoms with Gasteiger partial charge in [0.15, 0.2) is 5.76 Å². The van der Waals surface area contributed by atoms with Crippen LogP contribution in [0.15, 0.2) is 22.9 Å². The molecule has 0 unspecified atom stereocenters. The molecule has 0 aliphatic heterocycles. The quantitative estimate of drug-likeness (QED) is 0.374. The first-order valence-electron chi connectivity index (χ1n) is 2.82. The first-order chi connectivity index (χ1) is 5.11. The number of nitrogens with two attached hydrogens (primary N) is 2. The van der Waals surface area contributed by atoms with Crippen molar-refractivity contribution in [1.29, 1.82) is 0 Å². The van der Waals surface area contributed by atoms with Crippen LogP contribution in [-0.4, -0.2) is 14.2 Å². The standard InChI is InChI=1S/C6H11ClN2O2/c1-10-4(3-5(7)8)6(9)11-2/h3H,8-9H2,1-2H3/b5-3-,6-4-. The van der Waals surface area contributed by atoms with Crippen LogP contribution < -0.4 is 11.5 Å². The molecule has 64 valence electrons. The van der Waals surface area contributed by atoms with Crippen LogP contribution in [0.5, 0.6) is 0 Å². The summed E-state index contributed by atoms with van der Waals surface area (Å²) in [7, 11) is 2.87. The number of hydrogen-bond donors (Lipinski definition) is 2. The number of allylic oxidation sites excluding steroid dienone is 1. The van der Waals surface area contributed by atoms with Gasteiger partial charge in [-0.05, 0) is 0 Å². The van der Waals surface area contributed by atoms with Gasteiger partial charge in [-0.3, -0.25) is 0 Å². The molecule has 0 aromatic heterocycles. The summed E-state index contributed by atoms with van der Waals surface area (Å²) in [6.45, 7) is 0. The van der Waals surface area contributed by atoms with Gasteiger partial charge in [0.05, 0.1) is 14.2 Å². The number of methoxy groups -OCH3 is 2. The number of ether oxygens (including phenoxy) is 2. The average molecular weight is 179 g/mol. The Kier molecular flexibility index (Phi) is 4.29. The largest absolute Gasteiger partial charge is 0.491 e. The van der Waals surface area contributed by atoms with Crippen molar-refractivity contribution in [3.63, 3.8) is 0 Å². The van der Waals surface area contributed by atoms with E-state index in [0.29, 0.717) is 5.76 Å². The van der Waals surface area contributed by atoms with Crippen molar-refractivity contribution < 1.29 is 9.47 Å². The molecule has 0 bridgehead atoms. The molecule has 0 spiro atoms. The number of halogens is 1. The fourth-order valence-electron chi connectivity index (χ4n) is 0.456. The van der Waals surface area contributed by atoms with Crippen LogP contribution in [0.25, 0.3) is 0 Å². The average Bonchev–Trinajstić information content (AvgIpc) is 1.98. The predicted molar refractivity (Wildman–Crippen MR) is 43.4 cm³/mol. The molecule has 0 aromatic rings. The van der Waals surface area contributed by atoms with Crippen molar-refractivity contribution in [2.75, 3.05) is 14.2 Å². The second-order valence-electron chi connectivity index (χ2n) is 1.67. The van der Waals surface area contributed by atoms with Crippen LogP contribution in [-0.2, 0) is 9.47 Å². The van der Waals surface area contributed by atoms with E-state index in [1.807, 2.05) is 0 Å². The second-order valence-corrected chi connectivity index (χ2v) is 2.10.